The third-order valence-corrected chi connectivity index (χ3v) is 5.21. The van der Waals surface area contributed by atoms with Gasteiger partial charge in [-0.05, 0) is 75.4 Å². The fourth-order valence-electron chi connectivity index (χ4n) is 3.68. The van der Waals surface area contributed by atoms with E-state index in [9.17, 15) is 10.2 Å². The Labute approximate surface area is 156 Å². The minimum atomic E-state index is -0.00470. The molecular formula is C22H30N2O2. The summed E-state index contributed by atoms with van der Waals surface area (Å²) in [6, 6.07) is 14.6. The molecule has 0 saturated heterocycles. The first-order valence-corrected chi connectivity index (χ1v) is 9.75. The van der Waals surface area contributed by atoms with Crippen molar-refractivity contribution in [3.63, 3.8) is 0 Å². The van der Waals surface area contributed by atoms with Crippen LogP contribution in [0.1, 0.15) is 36.0 Å². The zero-order chi connectivity index (χ0) is 18.2. The fraction of sp³-hybridized carbons (Fsp3) is 0.455. The molecule has 140 valence electrons. The Morgan fingerprint density at radius 2 is 1.73 bits per heavy atom. The molecule has 0 saturated carbocycles. The Morgan fingerprint density at radius 1 is 0.923 bits per heavy atom. The molecule has 2 aromatic rings. The number of nitrogens with one attached hydrogen (secondary N) is 2. The summed E-state index contributed by atoms with van der Waals surface area (Å²) in [4.78, 5) is 0. The Morgan fingerprint density at radius 3 is 2.58 bits per heavy atom. The van der Waals surface area contributed by atoms with Crippen molar-refractivity contribution in [3.05, 3.63) is 59.2 Å². The summed E-state index contributed by atoms with van der Waals surface area (Å²) in [7, 11) is 0. The van der Waals surface area contributed by atoms with Gasteiger partial charge < -0.3 is 20.8 Å². The summed E-state index contributed by atoms with van der Waals surface area (Å²) in [5.74, 6) is 0.0671. The van der Waals surface area contributed by atoms with E-state index in [0.717, 1.165) is 56.4 Å². The molecule has 2 aromatic carbocycles. The number of unbranched alkanes of at least 4 members (excludes halogenated alkanes) is 1. The standard InChI is InChI=1S/C22H30N2O2/c25-21-11-8-18-16-19(9-10-20(18)22(21)26)24-14-5-4-13-23-15-12-17-6-2-1-3-7-17/h1-3,6-8,11,19,23-26H,4-5,9-10,12-16H2. The van der Waals surface area contributed by atoms with Crippen LogP contribution in [0.4, 0.5) is 0 Å². The predicted octanol–water partition coefficient (Wildman–Crippen LogP) is 3.16. The highest BCUT2D eigenvalue weighted by Crippen LogP contribution is 2.35. The normalized spacial score (nSPS) is 16.4. The average Bonchev–Trinajstić information content (AvgIpc) is 2.68. The van der Waals surface area contributed by atoms with Gasteiger partial charge in [-0.25, -0.2) is 0 Å². The van der Waals surface area contributed by atoms with Crippen molar-refractivity contribution in [1.82, 2.24) is 10.6 Å². The topological polar surface area (TPSA) is 64.5 Å². The van der Waals surface area contributed by atoms with Gasteiger partial charge in [-0.15, -0.1) is 0 Å². The van der Waals surface area contributed by atoms with Crippen molar-refractivity contribution in [2.24, 2.45) is 0 Å². The Hall–Kier alpha value is -2.04. The van der Waals surface area contributed by atoms with Crippen LogP contribution in [0.2, 0.25) is 0 Å². The summed E-state index contributed by atoms with van der Waals surface area (Å²) in [5.41, 5.74) is 3.47. The second kappa shape index (κ2) is 9.60. The zero-order valence-corrected chi connectivity index (χ0v) is 15.4. The van der Waals surface area contributed by atoms with Crippen molar-refractivity contribution in [1.29, 1.82) is 0 Å². The molecule has 0 amide bonds. The third-order valence-electron chi connectivity index (χ3n) is 5.21. The first kappa shape index (κ1) is 18.7. The highest BCUT2D eigenvalue weighted by Gasteiger charge is 2.21. The van der Waals surface area contributed by atoms with Gasteiger partial charge in [0.2, 0.25) is 0 Å². The summed E-state index contributed by atoms with van der Waals surface area (Å²) in [6.07, 6.45) is 6.21. The minimum absolute atomic E-state index is 0.00470. The van der Waals surface area contributed by atoms with Crippen molar-refractivity contribution in [3.8, 4) is 11.5 Å². The predicted molar refractivity (Wildman–Crippen MR) is 106 cm³/mol. The van der Waals surface area contributed by atoms with Gasteiger partial charge in [0.1, 0.15) is 0 Å². The molecule has 0 fully saturated rings. The van der Waals surface area contributed by atoms with E-state index in [0.29, 0.717) is 6.04 Å². The maximum absolute atomic E-state index is 9.94. The molecule has 0 radical (unpaired) electrons. The van der Waals surface area contributed by atoms with Gasteiger partial charge >= 0.3 is 0 Å². The number of rotatable bonds is 9. The number of phenols is 2. The molecule has 1 unspecified atom stereocenters. The number of hydrogen-bond acceptors (Lipinski definition) is 4. The van der Waals surface area contributed by atoms with Gasteiger partial charge in [0.15, 0.2) is 11.5 Å². The lowest BCUT2D eigenvalue weighted by molar-refractivity contribution is 0.388. The van der Waals surface area contributed by atoms with Gasteiger partial charge in [-0.1, -0.05) is 36.4 Å². The fourth-order valence-corrected chi connectivity index (χ4v) is 3.68. The molecule has 3 rings (SSSR count). The molecule has 26 heavy (non-hydrogen) atoms. The molecule has 4 heteroatoms. The summed E-state index contributed by atoms with van der Waals surface area (Å²) >= 11 is 0. The van der Waals surface area contributed by atoms with Crippen LogP contribution in [-0.2, 0) is 19.3 Å². The number of fused-ring (bicyclic) bond motifs is 1. The third kappa shape index (κ3) is 5.23. The number of aromatic hydroxyl groups is 2. The maximum atomic E-state index is 9.94. The van der Waals surface area contributed by atoms with Crippen LogP contribution in [0.3, 0.4) is 0 Å². The van der Waals surface area contributed by atoms with E-state index < -0.39 is 0 Å². The lowest BCUT2D eigenvalue weighted by atomic mass is 9.87. The SMILES string of the molecule is Oc1ccc2c(c1O)CCC(NCCCCNCCc1ccccc1)C2. The van der Waals surface area contributed by atoms with E-state index in [1.54, 1.807) is 6.07 Å². The van der Waals surface area contributed by atoms with Crippen molar-refractivity contribution in [2.45, 2.75) is 44.6 Å². The average molecular weight is 354 g/mol. The van der Waals surface area contributed by atoms with E-state index >= 15 is 0 Å². The van der Waals surface area contributed by atoms with Crippen LogP contribution < -0.4 is 10.6 Å². The summed E-state index contributed by atoms with van der Waals surface area (Å²) in [5, 5.41) is 26.7. The zero-order valence-electron chi connectivity index (χ0n) is 15.4. The largest absolute Gasteiger partial charge is 0.504 e. The van der Waals surface area contributed by atoms with Crippen LogP contribution in [0.5, 0.6) is 11.5 Å². The van der Waals surface area contributed by atoms with E-state index in [-0.39, 0.29) is 11.5 Å². The minimum Gasteiger partial charge on any atom is -0.504 e. The van der Waals surface area contributed by atoms with E-state index in [1.165, 1.54) is 18.4 Å². The molecule has 0 aliphatic heterocycles. The molecule has 0 bridgehead atoms. The van der Waals surface area contributed by atoms with Gasteiger partial charge in [0, 0.05) is 11.6 Å². The summed E-state index contributed by atoms with van der Waals surface area (Å²) < 4.78 is 0. The Bertz CT molecular complexity index is 688. The Kier molecular flexibility index (Phi) is 6.92. The van der Waals surface area contributed by atoms with Crippen LogP contribution in [0.25, 0.3) is 0 Å². The second-order valence-electron chi connectivity index (χ2n) is 7.16. The van der Waals surface area contributed by atoms with Gasteiger partial charge in [-0.2, -0.15) is 0 Å². The van der Waals surface area contributed by atoms with Crippen LogP contribution in [0, 0.1) is 0 Å². The molecule has 0 aromatic heterocycles. The van der Waals surface area contributed by atoms with E-state index in [2.05, 4.69) is 41.0 Å². The first-order chi connectivity index (χ1) is 12.7. The number of phenolic OH excluding ortho intramolecular Hbond substituents is 2. The van der Waals surface area contributed by atoms with Gasteiger partial charge in [0.25, 0.3) is 0 Å². The van der Waals surface area contributed by atoms with Gasteiger partial charge in [-0.3, -0.25) is 0 Å². The second-order valence-corrected chi connectivity index (χ2v) is 7.16. The number of hydrogen-bond donors (Lipinski definition) is 4. The lowest BCUT2D eigenvalue weighted by Gasteiger charge is -2.26. The molecule has 1 aliphatic rings. The molecule has 4 nitrogen and oxygen atoms in total. The monoisotopic (exact) mass is 354 g/mol. The van der Waals surface area contributed by atoms with Crippen LogP contribution >= 0.6 is 0 Å². The van der Waals surface area contributed by atoms with E-state index in [4.69, 9.17) is 0 Å². The highest BCUT2D eigenvalue weighted by molar-refractivity contribution is 5.50. The molecule has 1 atom stereocenters. The van der Waals surface area contributed by atoms with Crippen molar-refractivity contribution in [2.75, 3.05) is 19.6 Å². The highest BCUT2D eigenvalue weighted by atomic mass is 16.3. The van der Waals surface area contributed by atoms with Crippen molar-refractivity contribution < 1.29 is 10.2 Å². The molecular weight excluding hydrogens is 324 g/mol. The molecule has 0 spiro atoms. The van der Waals surface area contributed by atoms with Crippen molar-refractivity contribution >= 4 is 0 Å². The molecule has 4 N–H and O–H groups in total. The molecule has 0 heterocycles. The first-order valence-electron chi connectivity index (χ1n) is 9.75. The van der Waals surface area contributed by atoms with Gasteiger partial charge in [0.05, 0.1) is 0 Å². The number of benzene rings is 2. The quantitative estimate of drug-likeness (QED) is 0.413. The molecule has 1 aliphatic carbocycles. The van der Waals surface area contributed by atoms with Crippen LogP contribution in [-0.4, -0.2) is 35.9 Å². The smallest absolute Gasteiger partial charge is 0.160 e. The summed E-state index contributed by atoms with van der Waals surface area (Å²) in [6.45, 7) is 3.13. The maximum Gasteiger partial charge on any atom is 0.160 e. The van der Waals surface area contributed by atoms with Crippen LogP contribution in [0.15, 0.2) is 42.5 Å². The lowest BCUT2D eigenvalue weighted by Crippen LogP contribution is -2.35. The Balaban J connectivity index is 1.26. The van der Waals surface area contributed by atoms with E-state index in [1.807, 2.05) is 6.07 Å².